The molecule has 1 fully saturated rings. The summed E-state index contributed by atoms with van der Waals surface area (Å²) in [5, 5.41) is 3.30. The molecule has 1 aliphatic heterocycles. The number of halogens is 1. The predicted molar refractivity (Wildman–Crippen MR) is 86.9 cm³/mol. The lowest BCUT2D eigenvalue weighted by atomic mass is 10.0. The van der Waals surface area contributed by atoms with Crippen LogP contribution < -0.4 is 10.1 Å². The topological polar surface area (TPSA) is 41.6 Å². The van der Waals surface area contributed by atoms with E-state index in [1.807, 2.05) is 43.1 Å². The first-order chi connectivity index (χ1) is 9.69. The van der Waals surface area contributed by atoms with Crippen LogP contribution in [0.25, 0.3) is 0 Å². The molecule has 1 aliphatic rings. The zero-order valence-corrected chi connectivity index (χ0v) is 13.6. The Morgan fingerprint density at radius 3 is 2.67 bits per heavy atom. The van der Waals surface area contributed by atoms with Gasteiger partial charge in [0.25, 0.3) is 0 Å². The molecule has 118 valence electrons. The van der Waals surface area contributed by atoms with E-state index in [9.17, 15) is 4.79 Å². The van der Waals surface area contributed by atoms with Gasteiger partial charge in [-0.1, -0.05) is 12.1 Å². The average Bonchev–Trinajstić information content (AvgIpc) is 2.94. The van der Waals surface area contributed by atoms with Gasteiger partial charge in [-0.15, -0.1) is 12.4 Å². The van der Waals surface area contributed by atoms with Crippen molar-refractivity contribution in [2.75, 3.05) is 26.7 Å². The summed E-state index contributed by atoms with van der Waals surface area (Å²) in [5.41, 5.74) is 1.13. The second-order valence-corrected chi connectivity index (χ2v) is 5.39. The van der Waals surface area contributed by atoms with Crippen LogP contribution in [0.4, 0.5) is 0 Å². The fourth-order valence-corrected chi connectivity index (χ4v) is 2.51. The van der Waals surface area contributed by atoms with Crippen LogP contribution in [-0.2, 0) is 11.3 Å². The van der Waals surface area contributed by atoms with Gasteiger partial charge in [0.1, 0.15) is 5.75 Å². The summed E-state index contributed by atoms with van der Waals surface area (Å²) in [5.74, 6) is 1.61. The smallest absolute Gasteiger partial charge is 0.222 e. The molecule has 1 N–H and O–H groups in total. The Morgan fingerprint density at radius 1 is 1.38 bits per heavy atom. The van der Waals surface area contributed by atoms with E-state index >= 15 is 0 Å². The van der Waals surface area contributed by atoms with Crippen LogP contribution in [0, 0.1) is 5.92 Å². The molecule has 4 nitrogen and oxygen atoms in total. The average molecular weight is 313 g/mol. The van der Waals surface area contributed by atoms with E-state index in [0.29, 0.717) is 25.5 Å². The van der Waals surface area contributed by atoms with Crippen LogP contribution in [0.3, 0.4) is 0 Å². The number of benzene rings is 1. The van der Waals surface area contributed by atoms with Gasteiger partial charge in [-0.3, -0.25) is 4.79 Å². The highest BCUT2D eigenvalue weighted by Crippen LogP contribution is 2.16. The molecule has 0 aliphatic carbocycles. The second kappa shape index (κ2) is 8.90. The third kappa shape index (κ3) is 5.56. The maximum Gasteiger partial charge on any atom is 0.222 e. The normalized spacial score (nSPS) is 17.1. The van der Waals surface area contributed by atoms with Crippen LogP contribution >= 0.6 is 12.4 Å². The first-order valence-electron chi connectivity index (χ1n) is 7.35. The molecular weight excluding hydrogens is 288 g/mol. The fourth-order valence-electron chi connectivity index (χ4n) is 2.51. The minimum Gasteiger partial charge on any atom is -0.494 e. The standard InChI is InChI=1S/C16H24N2O2.ClH/c1-3-20-15-6-4-13(5-7-15)12-18(2)16(19)10-14-8-9-17-11-14;/h4-7,14,17H,3,8-12H2,1-2H3;1H. The lowest BCUT2D eigenvalue weighted by Crippen LogP contribution is -2.28. The van der Waals surface area contributed by atoms with Crippen molar-refractivity contribution in [1.82, 2.24) is 10.2 Å². The van der Waals surface area contributed by atoms with Gasteiger partial charge in [0.05, 0.1) is 6.61 Å². The van der Waals surface area contributed by atoms with Crippen molar-refractivity contribution in [1.29, 1.82) is 0 Å². The van der Waals surface area contributed by atoms with E-state index in [1.165, 1.54) is 0 Å². The van der Waals surface area contributed by atoms with E-state index in [2.05, 4.69) is 5.32 Å². The Bertz CT molecular complexity index is 430. The van der Waals surface area contributed by atoms with Gasteiger partial charge >= 0.3 is 0 Å². The van der Waals surface area contributed by atoms with Gasteiger partial charge in [-0.05, 0) is 50.0 Å². The monoisotopic (exact) mass is 312 g/mol. The highest BCUT2D eigenvalue weighted by Gasteiger charge is 2.20. The van der Waals surface area contributed by atoms with E-state index in [-0.39, 0.29) is 18.3 Å². The number of hydrogen-bond donors (Lipinski definition) is 1. The number of hydrogen-bond acceptors (Lipinski definition) is 3. The molecule has 21 heavy (non-hydrogen) atoms. The summed E-state index contributed by atoms with van der Waals surface area (Å²) in [4.78, 5) is 14.0. The molecule has 1 aromatic carbocycles. The van der Waals surface area contributed by atoms with Crippen LogP contribution in [0.5, 0.6) is 5.75 Å². The third-order valence-corrected chi connectivity index (χ3v) is 3.71. The van der Waals surface area contributed by atoms with Crippen molar-refractivity contribution < 1.29 is 9.53 Å². The SMILES string of the molecule is CCOc1ccc(CN(C)C(=O)CC2CCNC2)cc1.Cl. The van der Waals surface area contributed by atoms with E-state index in [1.54, 1.807) is 0 Å². The molecule has 1 saturated heterocycles. The van der Waals surface area contributed by atoms with E-state index in [4.69, 9.17) is 4.74 Å². The maximum atomic E-state index is 12.1. The van der Waals surface area contributed by atoms with Gasteiger partial charge in [-0.2, -0.15) is 0 Å². The molecule has 1 unspecified atom stereocenters. The highest BCUT2D eigenvalue weighted by atomic mass is 35.5. The van der Waals surface area contributed by atoms with Gasteiger partial charge in [-0.25, -0.2) is 0 Å². The zero-order valence-electron chi connectivity index (χ0n) is 12.8. The lowest BCUT2D eigenvalue weighted by molar-refractivity contribution is -0.131. The molecule has 0 saturated carbocycles. The first-order valence-corrected chi connectivity index (χ1v) is 7.35. The van der Waals surface area contributed by atoms with Gasteiger partial charge in [0, 0.05) is 20.0 Å². The van der Waals surface area contributed by atoms with Crippen molar-refractivity contribution in [2.45, 2.75) is 26.3 Å². The summed E-state index contributed by atoms with van der Waals surface area (Å²) < 4.78 is 5.41. The Labute approximate surface area is 133 Å². The summed E-state index contributed by atoms with van der Waals surface area (Å²) in [6.07, 6.45) is 1.77. The molecule has 1 amide bonds. The first kappa shape index (κ1) is 17.8. The zero-order chi connectivity index (χ0) is 14.4. The molecule has 1 atom stereocenters. The van der Waals surface area contributed by atoms with Crippen molar-refractivity contribution in [3.05, 3.63) is 29.8 Å². The van der Waals surface area contributed by atoms with E-state index < -0.39 is 0 Å². The fraction of sp³-hybridized carbons (Fsp3) is 0.562. The summed E-state index contributed by atoms with van der Waals surface area (Å²) >= 11 is 0. The van der Waals surface area contributed by atoms with Crippen molar-refractivity contribution in [3.8, 4) is 5.75 Å². The Kier molecular flexibility index (Phi) is 7.54. The quantitative estimate of drug-likeness (QED) is 0.877. The number of nitrogens with zero attached hydrogens (tertiary/aromatic N) is 1. The van der Waals surface area contributed by atoms with Gasteiger partial charge < -0.3 is 15.0 Å². The molecule has 0 bridgehead atoms. The van der Waals surface area contributed by atoms with Crippen LogP contribution in [0.1, 0.15) is 25.3 Å². The third-order valence-electron chi connectivity index (χ3n) is 3.71. The van der Waals surface area contributed by atoms with Crippen LogP contribution in [0.15, 0.2) is 24.3 Å². The molecule has 2 rings (SSSR count). The number of carbonyl (C=O) groups is 1. The number of nitrogens with one attached hydrogen (secondary N) is 1. The largest absolute Gasteiger partial charge is 0.494 e. The summed E-state index contributed by atoms with van der Waals surface area (Å²) in [7, 11) is 1.88. The molecule has 0 radical (unpaired) electrons. The number of amides is 1. The van der Waals surface area contributed by atoms with Gasteiger partial charge in [0.2, 0.25) is 5.91 Å². The molecule has 5 heteroatoms. The van der Waals surface area contributed by atoms with Gasteiger partial charge in [0.15, 0.2) is 0 Å². The highest BCUT2D eigenvalue weighted by molar-refractivity contribution is 5.85. The summed E-state index contributed by atoms with van der Waals surface area (Å²) in [6.45, 7) is 5.32. The molecule has 0 spiro atoms. The maximum absolute atomic E-state index is 12.1. The summed E-state index contributed by atoms with van der Waals surface area (Å²) in [6, 6.07) is 7.95. The van der Waals surface area contributed by atoms with Crippen molar-refractivity contribution >= 4 is 18.3 Å². The minimum absolute atomic E-state index is 0. The number of ether oxygens (including phenoxy) is 1. The molecule has 1 heterocycles. The lowest BCUT2D eigenvalue weighted by Gasteiger charge is -2.19. The van der Waals surface area contributed by atoms with E-state index in [0.717, 1.165) is 30.8 Å². The molecular formula is C16H25ClN2O2. The second-order valence-electron chi connectivity index (χ2n) is 5.39. The Morgan fingerprint density at radius 2 is 2.10 bits per heavy atom. The number of rotatable bonds is 6. The molecule has 1 aromatic rings. The number of carbonyl (C=O) groups excluding carboxylic acids is 1. The minimum atomic E-state index is 0. The van der Waals surface area contributed by atoms with Crippen LogP contribution in [-0.4, -0.2) is 37.6 Å². The van der Waals surface area contributed by atoms with Crippen molar-refractivity contribution in [3.63, 3.8) is 0 Å². The predicted octanol–water partition coefficient (Wildman–Crippen LogP) is 2.47. The Hall–Kier alpha value is -1.26. The van der Waals surface area contributed by atoms with Crippen molar-refractivity contribution in [2.24, 2.45) is 5.92 Å². The Balaban J connectivity index is 0.00000220. The van der Waals surface area contributed by atoms with Crippen LogP contribution in [0.2, 0.25) is 0 Å². The molecule has 0 aromatic heterocycles.